The molecule has 1 fully saturated rings. The van der Waals surface area contributed by atoms with E-state index in [0.717, 1.165) is 28.4 Å². The molecule has 2 aliphatic rings. The Kier molecular flexibility index (Phi) is 4.33. The quantitative estimate of drug-likeness (QED) is 0.714. The van der Waals surface area contributed by atoms with Crippen molar-refractivity contribution >= 4 is 35.4 Å². The van der Waals surface area contributed by atoms with Crippen LogP contribution in [-0.2, 0) is 9.39 Å². The minimum Gasteiger partial charge on any atom is -0.496 e. The molecule has 1 saturated heterocycles. The number of nitrogens with one attached hydrogen (secondary N) is 1. The van der Waals surface area contributed by atoms with Gasteiger partial charge in [0.15, 0.2) is 5.82 Å². The van der Waals surface area contributed by atoms with Gasteiger partial charge in [0.25, 0.3) is 0 Å². The Balaban J connectivity index is 1.91. The van der Waals surface area contributed by atoms with Gasteiger partial charge < -0.3 is 19.5 Å². The normalized spacial score (nSPS) is 19.1. The Labute approximate surface area is 155 Å². The summed E-state index contributed by atoms with van der Waals surface area (Å²) in [5, 5.41) is 31.0. The third-order valence-corrected chi connectivity index (χ3v) is 4.98. The number of benzene rings is 1. The number of anilines is 1. The molecule has 9 heteroatoms. The lowest BCUT2D eigenvalue weighted by molar-refractivity contribution is 0.209. The monoisotopic (exact) mass is 367 g/mol. The zero-order valence-electron chi connectivity index (χ0n) is 14.9. The maximum atomic E-state index is 11.0. The largest absolute Gasteiger partial charge is 0.496 e. The first-order valence-electron chi connectivity index (χ1n) is 8.55. The molecule has 1 aromatic carbocycles. The van der Waals surface area contributed by atoms with E-state index >= 15 is 0 Å². The highest BCUT2D eigenvalue weighted by atomic mass is 16.5. The van der Waals surface area contributed by atoms with E-state index in [9.17, 15) is 9.82 Å². The van der Waals surface area contributed by atoms with Gasteiger partial charge in [0.05, 0.1) is 12.8 Å². The molecule has 0 bridgehead atoms. The number of methoxy groups -OCH3 is 1. The third-order valence-electron chi connectivity index (χ3n) is 4.98. The number of hydrogen-bond donors (Lipinski definition) is 3. The zero-order valence-corrected chi connectivity index (χ0v) is 14.9. The second-order valence-corrected chi connectivity index (χ2v) is 6.55. The Morgan fingerprint density at radius 2 is 2.19 bits per heavy atom. The summed E-state index contributed by atoms with van der Waals surface area (Å²) < 4.78 is 11.0. The first-order valence-corrected chi connectivity index (χ1v) is 8.55. The number of fused-ring (bicyclic) bond motifs is 2. The molecule has 0 radical (unpaired) electrons. The number of carboxylic acid groups (broad SMARTS) is 1. The van der Waals surface area contributed by atoms with Crippen LogP contribution in [0.4, 0.5) is 10.6 Å². The fourth-order valence-corrected chi connectivity index (χ4v) is 3.73. The van der Waals surface area contributed by atoms with Crippen molar-refractivity contribution in [1.82, 2.24) is 10.2 Å². The molecule has 1 aliphatic heterocycles. The Morgan fingerprint density at radius 3 is 2.93 bits per heavy atom. The van der Waals surface area contributed by atoms with E-state index in [2.05, 4.69) is 15.5 Å². The van der Waals surface area contributed by atoms with E-state index in [1.807, 2.05) is 25.1 Å². The SMILES string of the molecule is COC1=CCC2COB(O)C2=C1c1ccc2c(NC(=O)O)nnc(C)c2c1. The van der Waals surface area contributed by atoms with Crippen LogP contribution in [0, 0.1) is 12.8 Å². The number of aryl methyl sites for hydroxylation is 1. The molecule has 1 aliphatic carbocycles. The van der Waals surface area contributed by atoms with Gasteiger partial charge in [0, 0.05) is 28.9 Å². The van der Waals surface area contributed by atoms with Crippen LogP contribution in [0.25, 0.3) is 16.3 Å². The molecule has 138 valence electrons. The molecule has 27 heavy (non-hydrogen) atoms. The number of rotatable bonds is 3. The van der Waals surface area contributed by atoms with Crippen molar-refractivity contribution in [3.8, 4) is 0 Å². The summed E-state index contributed by atoms with van der Waals surface area (Å²) >= 11 is 0. The Morgan fingerprint density at radius 1 is 1.37 bits per heavy atom. The van der Waals surface area contributed by atoms with Crippen LogP contribution >= 0.6 is 0 Å². The Hall–Kier alpha value is -2.91. The van der Waals surface area contributed by atoms with Crippen molar-refractivity contribution in [2.24, 2.45) is 5.92 Å². The minimum atomic E-state index is -1.20. The van der Waals surface area contributed by atoms with Crippen molar-refractivity contribution in [1.29, 1.82) is 0 Å². The molecule has 1 unspecified atom stereocenters. The van der Waals surface area contributed by atoms with Crippen molar-refractivity contribution in [2.75, 3.05) is 19.0 Å². The van der Waals surface area contributed by atoms with E-state index in [0.29, 0.717) is 23.4 Å². The lowest BCUT2D eigenvalue weighted by Crippen LogP contribution is -2.19. The molecule has 0 saturated carbocycles. The van der Waals surface area contributed by atoms with E-state index < -0.39 is 13.2 Å². The van der Waals surface area contributed by atoms with Gasteiger partial charge in [-0.05, 0) is 42.6 Å². The van der Waals surface area contributed by atoms with E-state index in [1.54, 1.807) is 13.2 Å². The highest BCUT2D eigenvalue weighted by Gasteiger charge is 2.40. The fourth-order valence-electron chi connectivity index (χ4n) is 3.73. The average Bonchev–Trinajstić information content (AvgIpc) is 3.04. The molecule has 1 atom stereocenters. The maximum absolute atomic E-state index is 11.0. The number of nitrogens with zero attached hydrogens (tertiary/aromatic N) is 2. The molecule has 2 aromatic rings. The van der Waals surface area contributed by atoms with Crippen LogP contribution in [0.3, 0.4) is 0 Å². The second kappa shape index (κ2) is 6.68. The first kappa shape index (κ1) is 17.5. The van der Waals surface area contributed by atoms with Gasteiger partial charge >= 0.3 is 13.2 Å². The summed E-state index contributed by atoms with van der Waals surface area (Å²) in [5.74, 6) is 0.986. The van der Waals surface area contributed by atoms with Gasteiger partial charge in [0.1, 0.15) is 5.76 Å². The van der Waals surface area contributed by atoms with Crippen molar-refractivity contribution in [3.63, 3.8) is 0 Å². The first-order chi connectivity index (χ1) is 13.0. The maximum Gasteiger partial charge on any atom is 0.488 e. The smallest absolute Gasteiger partial charge is 0.488 e. The summed E-state index contributed by atoms with van der Waals surface area (Å²) in [6.07, 6.45) is 1.56. The average molecular weight is 367 g/mol. The summed E-state index contributed by atoms with van der Waals surface area (Å²) in [7, 11) is 0.641. The van der Waals surface area contributed by atoms with Gasteiger partial charge in [-0.1, -0.05) is 6.07 Å². The van der Waals surface area contributed by atoms with Crippen molar-refractivity contribution in [3.05, 3.63) is 46.8 Å². The van der Waals surface area contributed by atoms with Crippen molar-refractivity contribution in [2.45, 2.75) is 13.3 Å². The van der Waals surface area contributed by atoms with Crippen LogP contribution in [0.5, 0.6) is 0 Å². The van der Waals surface area contributed by atoms with Gasteiger partial charge in [-0.3, -0.25) is 5.32 Å². The van der Waals surface area contributed by atoms with E-state index in [-0.39, 0.29) is 11.7 Å². The number of aromatic nitrogens is 2. The summed E-state index contributed by atoms with van der Waals surface area (Å²) in [6.45, 7) is 2.28. The number of ether oxygens (including phenoxy) is 1. The van der Waals surface area contributed by atoms with Crippen LogP contribution < -0.4 is 5.32 Å². The van der Waals surface area contributed by atoms with Gasteiger partial charge in [-0.25, -0.2) is 4.79 Å². The molecular weight excluding hydrogens is 349 g/mol. The molecule has 4 rings (SSSR count). The van der Waals surface area contributed by atoms with Crippen LogP contribution in [-0.4, -0.2) is 47.3 Å². The number of amides is 1. The highest BCUT2D eigenvalue weighted by molar-refractivity contribution is 6.55. The van der Waals surface area contributed by atoms with E-state index in [4.69, 9.17) is 14.5 Å². The minimum absolute atomic E-state index is 0.116. The van der Waals surface area contributed by atoms with Crippen LogP contribution in [0.1, 0.15) is 17.7 Å². The second-order valence-electron chi connectivity index (χ2n) is 6.55. The topological polar surface area (TPSA) is 114 Å². The summed E-state index contributed by atoms with van der Waals surface area (Å²) in [6, 6.07) is 5.57. The van der Waals surface area contributed by atoms with Gasteiger partial charge in [-0.15, -0.1) is 5.10 Å². The van der Waals surface area contributed by atoms with Gasteiger partial charge in [0.2, 0.25) is 0 Å². The predicted octanol–water partition coefficient (Wildman–Crippen LogP) is 2.38. The molecule has 3 N–H and O–H groups in total. The van der Waals surface area contributed by atoms with Gasteiger partial charge in [-0.2, -0.15) is 5.10 Å². The standard InChI is InChI=1S/C18H18BN3O5/c1-9-13-7-10(3-5-12(13)17(22-21-9)20-18(23)24)15-14(26-2)6-4-11-8-27-19(25)16(11)15/h3,5-7,11,25H,4,8H2,1-2H3,(H,20,22)(H,23,24). The fraction of sp³-hybridized carbons (Fsp3) is 0.278. The summed E-state index contributed by atoms with van der Waals surface area (Å²) in [4.78, 5) is 11.0. The lowest BCUT2D eigenvalue weighted by Gasteiger charge is -2.23. The molecule has 1 amide bonds. The molecule has 2 heterocycles. The molecule has 0 spiro atoms. The van der Waals surface area contributed by atoms with Crippen molar-refractivity contribution < 1.29 is 24.3 Å². The molecule has 8 nitrogen and oxygen atoms in total. The predicted molar refractivity (Wildman–Crippen MR) is 100.0 cm³/mol. The lowest BCUT2D eigenvalue weighted by atomic mass is 9.67. The Bertz CT molecular complexity index is 1000. The number of allylic oxidation sites excluding steroid dienone is 2. The molecular formula is C18H18BN3O5. The van der Waals surface area contributed by atoms with Crippen LogP contribution in [0.2, 0.25) is 0 Å². The van der Waals surface area contributed by atoms with E-state index in [1.165, 1.54) is 0 Å². The summed E-state index contributed by atoms with van der Waals surface area (Å²) in [5.41, 5.74) is 3.14. The third kappa shape index (κ3) is 2.94. The number of hydrogen-bond acceptors (Lipinski definition) is 6. The zero-order chi connectivity index (χ0) is 19.1. The van der Waals surface area contributed by atoms with Crippen LogP contribution in [0.15, 0.2) is 35.5 Å². The number of carbonyl (C=O) groups is 1. The molecule has 1 aromatic heterocycles. The highest BCUT2D eigenvalue weighted by Crippen LogP contribution is 2.42.